The molecule has 2 aromatic heterocycles. The van der Waals surface area contributed by atoms with Gasteiger partial charge in [0.1, 0.15) is 17.8 Å². The molecule has 17 heteroatoms. The van der Waals surface area contributed by atoms with Gasteiger partial charge in [-0.1, -0.05) is 42.1 Å². The molecule has 3 aromatic rings. The molecule has 15 nitrogen and oxygen atoms in total. The quantitative estimate of drug-likeness (QED) is 0.115. The summed E-state index contributed by atoms with van der Waals surface area (Å²) in [6.45, 7) is 3.78. The average Bonchev–Trinajstić information content (AvgIpc) is 3.47. The maximum atomic E-state index is 13.7. The van der Waals surface area contributed by atoms with Crippen LogP contribution in [0.1, 0.15) is 32.6 Å². The first-order chi connectivity index (χ1) is 19.8. The number of aromatic amines is 1. The number of nitrogen functional groups attached to an aromatic ring is 1. The number of carbonyl (C=O) groups excluding carboxylic acids is 1. The highest BCUT2D eigenvalue weighted by Crippen LogP contribution is 2.46. The van der Waals surface area contributed by atoms with Crippen LogP contribution in [0.25, 0.3) is 11.2 Å². The summed E-state index contributed by atoms with van der Waals surface area (Å²) in [5.74, 6) is -0.0278. The van der Waals surface area contributed by atoms with E-state index in [2.05, 4.69) is 20.0 Å². The Morgan fingerprint density at radius 3 is 2.74 bits per heavy atom. The maximum Gasteiger partial charge on any atom is 0.405 e. The van der Waals surface area contributed by atoms with Gasteiger partial charge in [-0.05, 0) is 26.3 Å². The molecule has 2 unspecified atom stereocenters. The van der Waals surface area contributed by atoms with Gasteiger partial charge in [-0.25, -0.2) is 14.6 Å². The van der Waals surface area contributed by atoms with Gasteiger partial charge in [-0.15, -0.1) is 0 Å². The SMILES string of the molecule is CC(C)(CO)C(=O)SCCOP(=O)(NCc1ccccc1)OC[C@H]1O[C@@H](n2cnc3c(=O)[nH]c(N)nc32)[C@](C)(O)C1O. The standard InChI is InChI=1S/C25H35N6O9PS/c1-24(2,13-32)22(35)42-10-9-38-41(37,28-11-15-7-5-4-6-8-15)39-12-16-18(33)25(3,36)21(40-16)31-14-27-17-19(31)29-23(26)30-20(17)34/h4-8,14,16,18,21,32-33,36H,9-13H2,1-3H3,(H,28,37)(H3,26,29,30,34)/t16-,18?,21-,25-,41?/m1/s1. The van der Waals surface area contributed by atoms with Crippen LogP contribution < -0.4 is 16.4 Å². The minimum Gasteiger partial charge on any atom is -0.395 e. The van der Waals surface area contributed by atoms with Crippen LogP contribution in [0.5, 0.6) is 0 Å². The molecular formula is C25H35N6O9PS. The lowest BCUT2D eigenvalue weighted by Crippen LogP contribution is -2.44. The molecular weight excluding hydrogens is 591 g/mol. The minimum absolute atomic E-state index is 0.0326. The fourth-order valence-corrected chi connectivity index (χ4v) is 6.37. The van der Waals surface area contributed by atoms with Crippen LogP contribution in [0.2, 0.25) is 0 Å². The minimum atomic E-state index is -4.04. The number of aliphatic hydroxyl groups is 3. The monoisotopic (exact) mass is 626 g/mol. The van der Waals surface area contributed by atoms with E-state index in [1.165, 1.54) is 17.8 Å². The Labute approximate surface area is 245 Å². The molecule has 5 atom stereocenters. The predicted molar refractivity (Wildman–Crippen MR) is 154 cm³/mol. The Hall–Kier alpha value is -2.66. The van der Waals surface area contributed by atoms with Gasteiger partial charge in [-0.3, -0.25) is 28.2 Å². The van der Waals surface area contributed by atoms with Gasteiger partial charge in [0.25, 0.3) is 5.56 Å². The van der Waals surface area contributed by atoms with E-state index in [9.17, 15) is 29.5 Å². The molecule has 0 saturated carbocycles. The number of nitrogens with zero attached hydrogens (tertiary/aromatic N) is 3. The summed E-state index contributed by atoms with van der Waals surface area (Å²) in [6.07, 6.45) is -2.72. The number of hydrogen-bond acceptors (Lipinski definition) is 13. The number of ether oxygens (including phenoxy) is 1. The van der Waals surface area contributed by atoms with Crippen LogP contribution >= 0.6 is 19.5 Å². The molecule has 1 fully saturated rings. The van der Waals surface area contributed by atoms with Crippen molar-refractivity contribution in [2.45, 2.75) is 51.4 Å². The van der Waals surface area contributed by atoms with Crippen molar-refractivity contribution < 1.29 is 38.5 Å². The van der Waals surface area contributed by atoms with Crippen LogP contribution in [-0.2, 0) is 29.7 Å². The number of aliphatic hydroxyl groups excluding tert-OH is 2. The number of imidazole rings is 1. The zero-order valence-corrected chi connectivity index (χ0v) is 25.0. The Bertz CT molecular complexity index is 1500. The molecule has 230 valence electrons. The third kappa shape index (κ3) is 7.10. The largest absolute Gasteiger partial charge is 0.405 e. The van der Waals surface area contributed by atoms with Crippen LogP contribution in [-0.4, -0.2) is 83.3 Å². The summed E-state index contributed by atoms with van der Waals surface area (Å²) in [6, 6.07) is 9.10. The highest BCUT2D eigenvalue weighted by molar-refractivity contribution is 8.13. The number of nitrogens with one attached hydrogen (secondary N) is 2. The first-order valence-corrected chi connectivity index (χ1v) is 15.5. The fraction of sp³-hybridized carbons (Fsp3) is 0.520. The number of anilines is 1. The van der Waals surface area contributed by atoms with E-state index in [0.29, 0.717) is 0 Å². The second kappa shape index (κ2) is 12.9. The molecule has 0 aliphatic carbocycles. The zero-order valence-electron chi connectivity index (χ0n) is 23.3. The lowest BCUT2D eigenvalue weighted by molar-refractivity contribution is -0.119. The molecule has 1 saturated heterocycles. The van der Waals surface area contributed by atoms with Gasteiger partial charge < -0.3 is 25.8 Å². The first kappa shape index (κ1) is 32.3. The van der Waals surface area contributed by atoms with Gasteiger partial charge in [-0.2, -0.15) is 4.98 Å². The smallest absolute Gasteiger partial charge is 0.395 e. The Balaban J connectivity index is 1.46. The summed E-state index contributed by atoms with van der Waals surface area (Å²) >= 11 is 0.934. The molecule has 4 rings (SSSR count). The third-order valence-corrected chi connectivity index (χ3v) is 9.45. The van der Waals surface area contributed by atoms with Gasteiger partial charge >= 0.3 is 7.75 Å². The zero-order chi connectivity index (χ0) is 30.7. The van der Waals surface area contributed by atoms with Crippen molar-refractivity contribution in [3.63, 3.8) is 0 Å². The highest BCUT2D eigenvalue weighted by Gasteiger charge is 2.54. The molecule has 3 heterocycles. The van der Waals surface area contributed by atoms with Crippen molar-refractivity contribution in [3.05, 3.63) is 52.6 Å². The van der Waals surface area contributed by atoms with Gasteiger partial charge in [0.2, 0.25) is 5.95 Å². The number of benzene rings is 1. The normalized spacial score (nSPS) is 24.2. The number of fused-ring (bicyclic) bond motifs is 1. The van der Waals surface area contributed by atoms with Crippen molar-refractivity contribution >= 4 is 41.7 Å². The highest BCUT2D eigenvalue weighted by atomic mass is 32.2. The summed E-state index contributed by atoms with van der Waals surface area (Å²) in [5, 5.41) is 34.0. The number of nitrogens with two attached hydrogens (primary N) is 1. The molecule has 1 aliphatic rings. The topological polar surface area (TPSA) is 224 Å². The van der Waals surface area contributed by atoms with Crippen molar-refractivity contribution in [1.82, 2.24) is 24.6 Å². The summed E-state index contributed by atoms with van der Waals surface area (Å²) in [5.41, 5.74) is 3.04. The van der Waals surface area contributed by atoms with E-state index in [0.717, 1.165) is 17.3 Å². The number of aromatic nitrogens is 4. The third-order valence-electron chi connectivity index (χ3n) is 6.71. The van der Waals surface area contributed by atoms with Gasteiger partial charge in [0.05, 0.1) is 31.6 Å². The summed E-state index contributed by atoms with van der Waals surface area (Å²) in [4.78, 5) is 34.9. The Kier molecular flexibility index (Phi) is 9.92. The predicted octanol–water partition coefficient (Wildman–Crippen LogP) is 0.921. The molecule has 0 radical (unpaired) electrons. The lowest BCUT2D eigenvalue weighted by atomic mass is 9.96. The molecule has 1 aromatic carbocycles. The van der Waals surface area contributed by atoms with E-state index in [1.54, 1.807) is 13.8 Å². The van der Waals surface area contributed by atoms with Crippen molar-refractivity contribution in [1.29, 1.82) is 0 Å². The average molecular weight is 627 g/mol. The van der Waals surface area contributed by atoms with Crippen LogP contribution in [0, 0.1) is 5.41 Å². The number of hydrogen-bond donors (Lipinski definition) is 6. The van der Waals surface area contributed by atoms with Crippen molar-refractivity contribution in [2.24, 2.45) is 5.41 Å². The lowest BCUT2D eigenvalue weighted by Gasteiger charge is -2.27. The van der Waals surface area contributed by atoms with Gasteiger partial charge in [0.15, 0.2) is 22.5 Å². The molecule has 0 amide bonds. The van der Waals surface area contributed by atoms with E-state index in [4.69, 9.17) is 19.5 Å². The van der Waals surface area contributed by atoms with Crippen LogP contribution in [0.15, 0.2) is 41.5 Å². The Morgan fingerprint density at radius 2 is 2.05 bits per heavy atom. The molecule has 0 bridgehead atoms. The fourth-order valence-electron chi connectivity index (χ4n) is 4.13. The molecule has 42 heavy (non-hydrogen) atoms. The summed E-state index contributed by atoms with van der Waals surface area (Å²) < 4.78 is 32.1. The number of rotatable bonds is 13. The van der Waals surface area contributed by atoms with E-state index < -0.39 is 49.4 Å². The second-order valence-corrected chi connectivity index (χ2v) is 13.5. The second-order valence-electron chi connectivity index (χ2n) is 10.6. The van der Waals surface area contributed by atoms with E-state index >= 15 is 0 Å². The number of carbonyl (C=O) groups is 1. The van der Waals surface area contributed by atoms with E-state index in [-0.39, 0.29) is 47.7 Å². The van der Waals surface area contributed by atoms with E-state index in [1.807, 2.05) is 30.3 Å². The van der Waals surface area contributed by atoms with Crippen LogP contribution in [0.4, 0.5) is 5.95 Å². The number of H-pyrrole nitrogens is 1. The maximum absolute atomic E-state index is 13.7. The molecule has 1 aliphatic heterocycles. The summed E-state index contributed by atoms with van der Waals surface area (Å²) in [7, 11) is -4.04. The van der Waals surface area contributed by atoms with Gasteiger partial charge in [0, 0.05) is 12.3 Å². The molecule has 0 spiro atoms. The Morgan fingerprint density at radius 1 is 1.33 bits per heavy atom. The van der Waals surface area contributed by atoms with Crippen molar-refractivity contribution in [3.8, 4) is 0 Å². The molecule has 7 N–H and O–H groups in total. The first-order valence-electron chi connectivity index (χ1n) is 13.0. The van der Waals surface area contributed by atoms with Crippen LogP contribution in [0.3, 0.4) is 0 Å². The van der Waals surface area contributed by atoms with Crippen molar-refractivity contribution in [2.75, 3.05) is 31.3 Å². The number of thioether (sulfide) groups is 1.